The molecule has 6 saturated heterocycles. The number of hydrogen-bond donors (Lipinski definition) is 3. The molecule has 20 heteroatoms. The van der Waals surface area contributed by atoms with Gasteiger partial charge in [0.1, 0.15) is 47.9 Å². The van der Waals surface area contributed by atoms with E-state index in [0.717, 1.165) is 94.1 Å². The molecule has 6 aliphatic rings. The molecule has 3 N–H and O–H groups in total. The van der Waals surface area contributed by atoms with Gasteiger partial charge in [-0.15, -0.1) is 6.42 Å². The van der Waals surface area contributed by atoms with Gasteiger partial charge in [-0.3, -0.25) is 33.9 Å². The van der Waals surface area contributed by atoms with Gasteiger partial charge in [-0.25, -0.2) is 18.4 Å². The minimum Gasteiger partial charge on any atom is -0.508 e. The number of carbonyl (C=O) groups is 3. The zero-order chi connectivity index (χ0) is 54.9. The Hall–Kier alpha value is -7.21. The van der Waals surface area contributed by atoms with E-state index >= 15 is 8.78 Å². The molecule has 0 radical (unpaired) electrons. The number of aliphatic hydroxyl groups is 1. The number of halogens is 2. The summed E-state index contributed by atoms with van der Waals surface area (Å²) >= 11 is 0. The predicted molar refractivity (Wildman–Crippen MR) is 292 cm³/mol. The van der Waals surface area contributed by atoms with Gasteiger partial charge < -0.3 is 34.4 Å². The molecule has 3 aromatic heterocycles. The van der Waals surface area contributed by atoms with Crippen molar-refractivity contribution < 1.29 is 42.9 Å². The number of nitrogens with one attached hydrogen (secondary N) is 1. The van der Waals surface area contributed by atoms with Crippen molar-refractivity contribution in [1.82, 2.24) is 44.1 Å². The van der Waals surface area contributed by atoms with E-state index in [1.54, 1.807) is 23.1 Å². The number of amides is 3. The molecule has 1 unspecified atom stereocenters. The summed E-state index contributed by atoms with van der Waals surface area (Å²) < 4.78 is 48.1. The van der Waals surface area contributed by atoms with E-state index in [0.29, 0.717) is 61.4 Å². The number of benzene rings is 3. The number of aromatic hydroxyl groups is 1. The number of nitrogens with zero attached hydrogens (tertiary/aromatic N) is 9. The first-order chi connectivity index (χ1) is 38.1. The minimum absolute atomic E-state index is 0.0118. The summed E-state index contributed by atoms with van der Waals surface area (Å²) in [6.45, 7) is 7.86. The van der Waals surface area contributed by atoms with Gasteiger partial charge in [-0.2, -0.15) is 9.97 Å². The number of anilines is 1. The Labute approximate surface area is 455 Å². The van der Waals surface area contributed by atoms with Crippen LogP contribution < -0.4 is 20.6 Å². The largest absolute Gasteiger partial charge is 0.508 e. The number of aryl methyl sites for hydroxylation is 1. The fraction of sp³-hybridized carbons (Fsp3) is 0.508. The lowest BCUT2D eigenvalue weighted by Gasteiger charge is -2.38. The number of aromatic nitrogens is 5. The van der Waals surface area contributed by atoms with Gasteiger partial charge in [0.25, 0.3) is 0 Å². The number of fused-ring (bicyclic) bond motifs is 4. The van der Waals surface area contributed by atoms with Gasteiger partial charge in [0.05, 0.1) is 33.1 Å². The van der Waals surface area contributed by atoms with Crippen LogP contribution in [0.25, 0.3) is 44.0 Å². The van der Waals surface area contributed by atoms with Gasteiger partial charge in [0, 0.05) is 69.4 Å². The Balaban J connectivity index is 0.672. The van der Waals surface area contributed by atoms with Crippen molar-refractivity contribution in [2.75, 3.05) is 70.5 Å². The highest BCUT2D eigenvalue weighted by atomic mass is 19.1. The Bertz CT molecular complexity index is 3530. The number of β-amino-alcohol motifs (C(OH)–C–C–N with tert-alkyl or cyclic N) is 1. The Morgan fingerprint density at radius 2 is 1.75 bits per heavy atom. The average molecular weight is 1080 g/mol. The monoisotopic (exact) mass is 1080 g/mol. The van der Waals surface area contributed by atoms with Crippen molar-refractivity contribution in [3.8, 4) is 35.4 Å². The van der Waals surface area contributed by atoms with Crippen molar-refractivity contribution >= 4 is 56.4 Å². The fourth-order valence-corrected chi connectivity index (χ4v) is 14.0. The molecule has 0 spiro atoms. The van der Waals surface area contributed by atoms with Crippen LogP contribution in [0.5, 0.6) is 11.8 Å². The Morgan fingerprint density at radius 3 is 2.52 bits per heavy atom. The molecule has 4 atom stereocenters. The number of terminal acetylenes is 1. The van der Waals surface area contributed by atoms with Gasteiger partial charge in [0.2, 0.25) is 11.8 Å². The van der Waals surface area contributed by atoms with E-state index in [9.17, 15) is 29.4 Å². The molecule has 3 aromatic carbocycles. The van der Waals surface area contributed by atoms with Gasteiger partial charge >= 0.3 is 17.8 Å². The summed E-state index contributed by atoms with van der Waals surface area (Å²) in [6.07, 6.45) is 15.7. The van der Waals surface area contributed by atoms with Crippen LogP contribution in [0.2, 0.25) is 0 Å². The number of para-hydroxylation sites is 1. The number of phenolic OH excluding ortho intramolecular Hbond substituents is 1. The first-order valence-corrected chi connectivity index (χ1v) is 27.9. The molecule has 3 amide bonds. The second-order valence-corrected chi connectivity index (χ2v) is 23.2. The van der Waals surface area contributed by atoms with E-state index in [1.165, 1.54) is 30.5 Å². The molecule has 9 heterocycles. The molecule has 0 saturated carbocycles. The lowest BCUT2D eigenvalue weighted by Crippen LogP contribution is -2.49. The molecule has 414 valence electrons. The van der Waals surface area contributed by atoms with Crippen molar-refractivity contribution in [2.24, 2.45) is 13.0 Å². The summed E-state index contributed by atoms with van der Waals surface area (Å²) in [6, 6.07) is 10.6. The second-order valence-electron chi connectivity index (χ2n) is 23.2. The number of piperidine rings is 4. The van der Waals surface area contributed by atoms with Gasteiger partial charge in [0.15, 0.2) is 5.82 Å². The maximum atomic E-state index is 17.2. The topological polar surface area (TPSA) is 201 Å². The van der Waals surface area contributed by atoms with Crippen LogP contribution in [0.1, 0.15) is 107 Å². The van der Waals surface area contributed by atoms with Crippen molar-refractivity contribution in [1.29, 1.82) is 0 Å². The van der Waals surface area contributed by atoms with Gasteiger partial charge in [-0.1, -0.05) is 24.1 Å². The van der Waals surface area contributed by atoms with Crippen LogP contribution in [0, 0.1) is 29.9 Å². The molecule has 6 fully saturated rings. The van der Waals surface area contributed by atoms with E-state index in [2.05, 4.69) is 37.1 Å². The number of ether oxygens (including phenoxy) is 2. The van der Waals surface area contributed by atoms with E-state index in [4.69, 9.17) is 20.9 Å². The molecule has 6 aromatic rings. The highest BCUT2D eigenvalue weighted by molar-refractivity contribution is 6.03. The van der Waals surface area contributed by atoms with Crippen molar-refractivity contribution in [3.05, 3.63) is 81.9 Å². The third-order valence-electron chi connectivity index (χ3n) is 18.0. The smallest absolute Gasteiger partial charge is 0.409 e. The van der Waals surface area contributed by atoms with E-state index in [1.807, 2.05) is 21.9 Å². The van der Waals surface area contributed by atoms with Crippen LogP contribution in [-0.4, -0.2) is 150 Å². The molecule has 0 bridgehead atoms. The number of imidazole rings is 1. The normalized spacial score (nSPS) is 24.6. The van der Waals surface area contributed by atoms with Crippen LogP contribution in [0.3, 0.4) is 0 Å². The predicted octanol–water partition coefficient (Wildman–Crippen LogP) is 6.90. The highest BCUT2D eigenvalue weighted by Gasteiger charge is 2.50. The zero-order valence-corrected chi connectivity index (χ0v) is 44.7. The number of imide groups is 1. The molecule has 0 aliphatic carbocycles. The summed E-state index contributed by atoms with van der Waals surface area (Å²) in [7, 11) is 1.76. The summed E-state index contributed by atoms with van der Waals surface area (Å²) in [5.41, 5.74) is 0.754. The molecule has 6 aliphatic heterocycles. The maximum Gasteiger partial charge on any atom is 0.409 e. The standard InChI is InChI=1S/C59H66F2N10O8/c1-4-40-44(60)11-10-37-28-39(72)29-42(48(37)40)50-49(61)51-43(30-62-50)53(69-22-6-19-58(2,77)33-69)65-55(64-51)79-34-59-20-7-23-70(59)38(14-21-59)32-78-57(76)68-26-15-35(16-27-68)31-67-24-17-36(18-25-67)41-8-5-9-45-52(41)66(3)56(75)71(45)46-12-13-47(73)63-54(46)74/h1,5,8-11,28-30,35-36,38,46,72,77H,6-7,12-27,31-34H2,2-3H3,(H,63,73,74)/t38-,46?,58+,59-/m0/s1. The maximum absolute atomic E-state index is 17.2. The summed E-state index contributed by atoms with van der Waals surface area (Å²) in [4.78, 5) is 74.5. The first-order valence-electron chi connectivity index (χ1n) is 27.9. The van der Waals surface area contributed by atoms with Gasteiger partial charge in [-0.05, 0) is 144 Å². The molecular weight excluding hydrogens is 1010 g/mol. The number of rotatable bonds is 11. The number of likely N-dealkylation sites (tertiary alicyclic amines) is 2. The lowest BCUT2D eigenvalue weighted by molar-refractivity contribution is -0.135. The van der Waals surface area contributed by atoms with Crippen molar-refractivity contribution in [3.63, 3.8) is 0 Å². The van der Waals surface area contributed by atoms with E-state index in [-0.39, 0.29) is 101 Å². The zero-order valence-electron chi connectivity index (χ0n) is 44.7. The fourth-order valence-electron chi connectivity index (χ4n) is 14.0. The van der Waals surface area contributed by atoms with Crippen LogP contribution in [-0.2, 0) is 21.4 Å². The van der Waals surface area contributed by atoms with Crippen molar-refractivity contribution in [2.45, 2.75) is 113 Å². The Kier molecular flexibility index (Phi) is 13.8. The minimum atomic E-state index is -1.02. The molecule has 18 nitrogen and oxygen atoms in total. The first kappa shape index (κ1) is 52.5. The summed E-state index contributed by atoms with van der Waals surface area (Å²) in [5, 5.41) is 25.2. The quantitative estimate of drug-likeness (QED) is 0.0894. The number of hydrogen-bond acceptors (Lipinski definition) is 14. The molecule has 79 heavy (non-hydrogen) atoms. The van der Waals surface area contributed by atoms with E-state index < -0.39 is 29.2 Å². The third-order valence-corrected chi connectivity index (χ3v) is 18.0. The molecule has 12 rings (SSSR count). The highest BCUT2D eigenvalue weighted by Crippen LogP contribution is 2.44. The molecular formula is C59H66F2N10O8. The second kappa shape index (κ2) is 20.8. The number of carbonyl (C=O) groups excluding carboxylic acids is 3. The lowest BCUT2D eigenvalue weighted by atomic mass is 9.87. The van der Waals surface area contributed by atoms with Crippen LogP contribution in [0.4, 0.5) is 19.4 Å². The Morgan fingerprint density at radius 1 is 0.949 bits per heavy atom. The SMILES string of the molecule is C#Cc1c(F)ccc2cc(O)cc(-c3ncc4c(N5CCC[C@@](C)(O)C5)nc(OC[C@@]56CCCN5[C@H](COC(=O)N5CCC(CN7CCC(c8cccc9c8n(C)c(=O)n9C8CCC(=O)NC8=O)CC7)CC5)CC6)nc4c3F)c12. The number of phenols is 1. The average Bonchev–Trinajstić information content (AvgIpc) is 4.34. The van der Waals surface area contributed by atoms with Crippen LogP contribution >= 0.6 is 0 Å². The van der Waals surface area contributed by atoms with Crippen LogP contribution in [0.15, 0.2) is 53.5 Å². The number of pyridine rings is 1. The summed E-state index contributed by atoms with van der Waals surface area (Å²) in [5.74, 6) is 1.02. The third kappa shape index (κ3) is 9.70.